The minimum absolute atomic E-state index is 0.275. The van der Waals surface area contributed by atoms with Crippen molar-refractivity contribution < 1.29 is 4.74 Å². The molecule has 0 radical (unpaired) electrons. The van der Waals surface area contributed by atoms with E-state index >= 15 is 0 Å². The molecule has 0 bridgehead atoms. The van der Waals surface area contributed by atoms with E-state index in [1.165, 1.54) is 18.4 Å². The van der Waals surface area contributed by atoms with Crippen LogP contribution in [0.4, 0.5) is 0 Å². The van der Waals surface area contributed by atoms with Gasteiger partial charge in [-0.1, -0.05) is 39.0 Å². The molecule has 1 N–H and O–H groups in total. The fourth-order valence-corrected chi connectivity index (χ4v) is 3.32. The lowest BCUT2D eigenvalue weighted by Crippen LogP contribution is -2.50. The van der Waals surface area contributed by atoms with Crippen molar-refractivity contribution in [1.29, 1.82) is 0 Å². The van der Waals surface area contributed by atoms with E-state index in [-0.39, 0.29) is 5.41 Å². The van der Waals surface area contributed by atoms with Gasteiger partial charge in [0.15, 0.2) is 0 Å². The van der Waals surface area contributed by atoms with Gasteiger partial charge < -0.3 is 10.1 Å². The number of hydrogen-bond donors (Lipinski definition) is 1. The molecule has 0 aromatic heterocycles. The highest BCUT2D eigenvalue weighted by Gasteiger charge is 2.47. The third-order valence-electron chi connectivity index (χ3n) is 4.64. The minimum atomic E-state index is 0.275. The molecule has 106 valence electrons. The number of benzene rings is 1. The zero-order valence-corrected chi connectivity index (χ0v) is 12.7. The highest BCUT2D eigenvalue weighted by Crippen LogP contribution is 2.52. The van der Waals surface area contributed by atoms with Crippen LogP contribution in [0, 0.1) is 11.8 Å². The van der Waals surface area contributed by atoms with Crippen molar-refractivity contribution in [3.63, 3.8) is 0 Å². The fraction of sp³-hybridized carbons (Fsp3) is 0.647. The van der Waals surface area contributed by atoms with Gasteiger partial charge in [-0.05, 0) is 37.3 Å². The number of methoxy groups -OCH3 is 1. The Morgan fingerprint density at radius 3 is 2.58 bits per heavy atom. The zero-order chi connectivity index (χ0) is 13.9. The summed E-state index contributed by atoms with van der Waals surface area (Å²) in [6.07, 6.45) is 2.55. The third-order valence-corrected chi connectivity index (χ3v) is 4.64. The van der Waals surface area contributed by atoms with E-state index in [9.17, 15) is 0 Å². The first-order valence-corrected chi connectivity index (χ1v) is 7.47. The van der Waals surface area contributed by atoms with Gasteiger partial charge in [-0.3, -0.25) is 0 Å². The molecule has 1 aliphatic carbocycles. The Kier molecular flexibility index (Phi) is 4.51. The normalized spacial score (nSPS) is 26.3. The zero-order valence-electron chi connectivity index (χ0n) is 12.7. The molecule has 1 fully saturated rings. The molecule has 1 aromatic carbocycles. The monoisotopic (exact) mass is 261 g/mol. The van der Waals surface area contributed by atoms with Crippen LogP contribution in [-0.2, 0) is 5.41 Å². The molecule has 0 saturated heterocycles. The standard InChI is InChI=1S/C17H27NO/c1-5-18-12-17(10-14(11-17)13(2)3)15-8-6-7-9-16(15)19-4/h6-9,13-14,18H,5,10-12H2,1-4H3. The molecule has 0 spiro atoms. The van der Waals surface area contributed by atoms with Gasteiger partial charge in [-0.2, -0.15) is 0 Å². The predicted molar refractivity (Wildman–Crippen MR) is 80.8 cm³/mol. The highest BCUT2D eigenvalue weighted by molar-refractivity contribution is 5.42. The van der Waals surface area contributed by atoms with Crippen molar-refractivity contribution in [2.24, 2.45) is 11.8 Å². The Morgan fingerprint density at radius 1 is 1.32 bits per heavy atom. The van der Waals surface area contributed by atoms with Crippen LogP contribution >= 0.6 is 0 Å². The fourth-order valence-electron chi connectivity index (χ4n) is 3.32. The summed E-state index contributed by atoms with van der Waals surface area (Å²) in [6.45, 7) is 8.94. The van der Waals surface area contributed by atoms with Gasteiger partial charge in [0.25, 0.3) is 0 Å². The van der Waals surface area contributed by atoms with E-state index in [0.717, 1.165) is 30.7 Å². The number of rotatable bonds is 6. The summed E-state index contributed by atoms with van der Waals surface area (Å²) in [7, 11) is 1.78. The van der Waals surface area contributed by atoms with Gasteiger partial charge >= 0.3 is 0 Å². The SMILES string of the molecule is CCNCC1(c2ccccc2OC)CC(C(C)C)C1. The molecule has 2 rings (SSSR count). The van der Waals surface area contributed by atoms with Gasteiger partial charge in [0, 0.05) is 17.5 Å². The van der Waals surface area contributed by atoms with Crippen LogP contribution in [0.5, 0.6) is 5.75 Å². The lowest BCUT2D eigenvalue weighted by Gasteiger charge is -2.50. The summed E-state index contributed by atoms with van der Waals surface area (Å²) in [5.74, 6) is 2.68. The molecular formula is C17H27NO. The smallest absolute Gasteiger partial charge is 0.122 e. The van der Waals surface area contributed by atoms with Gasteiger partial charge in [-0.15, -0.1) is 0 Å². The van der Waals surface area contributed by atoms with Gasteiger partial charge in [0.1, 0.15) is 5.75 Å². The molecule has 0 atom stereocenters. The van der Waals surface area contributed by atoms with Crippen molar-refractivity contribution >= 4 is 0 Å². The minimum Gasteiger partial charge on any atom is -0.496 e. The second-order valence-corrected chi connectivity index (χ2v) is 6.17. The first-order valence-electron chi connectivity index (χ1n) is 7.47. The van der Waals surface area contributed by atoms with Crippen molar-refractivity contribution in [3.8, 4) is 5.75 Å². The van der Waals surface area contributed by atoms with Crippen molar-refractivity contribution in [2.75, 3.05) is 20.2 Å². The van der Waals surface area contributed by atoms with E-state index in [1.807, 2.05) is 0 Å². The third kappa shape index (κ3) is 2.79. The molecule has 0 heterocycles. The maximum Gasteiger partial charge on any atom is 0.122 e. The van der Waals surface area contributed by atoms with E-state index < -0.39 is 0 Å². The largest absolute Gasteiger partial charge is 0.496 e. The first kappa shape index (κ1) is 14.4. The van der Waals surface area contributed by atoms with Crippen LogP contribution in [0.3, 0.4) is 0 Å². The summed E-state index contributed by atoms with van der Waals surface area (Å²) in [5, 5.41) is 3.54. The Balaban J connectivity index is 2.24. The van der Waals surface area contributed by atoms with Crippen molar-refractivity contribution in [1.82, 2.24) is 5.32 Å². The molecule has 1 saturated carbocycles. The van der Waals surface area contributed by atoms with E-state index in [1.54, 1.807) is 7.11 Å². The van der Waals surface area contributed by atoms with Crippen LogP contribution < -0.4 is 10.1 Å². The molecule has 0 aliphatic heterocycles. The summed E-state index contributed by atoms with van der Waals surface area (Å²) >= 11 is 0. The Bertz CT molecular complexity index is 407. The van der Waals surface area contributed by atoms with Crippen molar-refractivity contribution in [2.45, 2.75) is 39.0 Å². The van der Waals surface area contributed by atoms with Gasteiger partial charge in [-0.25, -0.2) is 0 Å². The summed E-state index contributed by atoms with van der Waals surface area (Å²) in [5.41, 5.74) is 1.66. The van der Waals surface area contributed by atoms with Crippen LogP contribution in [-0.4, -0.2) is 20.2 Å². The highest BCUT2D eigenvalue weighted by atomic mass is 16.5. The van der Waals surface area contributed by atoms with E-state index in [0.29, 0.717) is 0 Å². The second kappa shape index (κ2) is 5.96. The average molecular weight is 261 g/mol. The van der Waals surface area contributed by atoms with Gasteiger partial charge in [0.05, 0.1) is 7.11 Å². The average Bonchev–Trinajstić information content (AvgIpc) is 2.37. The summed E-state index contributed by atoms with van der Waals surface area (Å²) < 4.78 is 5.58. The summed E-state index contributed by atoms with van der Waals surface area (Å²) in [4.78, 5) is 0. The Labute approximate surface area is 117 Å². The summed E-state index contributed by atoms with van der Waals surface area (Å²) in [6, 6.07) is 8.52. The number of likely N-dealkylation sites (N-methyl/N-ethyl adjacent to an activating group) is 1. The lowest BCUT2D eigenvalue weighted by molar-refractivity contribution is 0.0958. The molecule has 2 nitrogen and oxygen atoms in total. The molecule has 0 unspecified atom stereocenters. The van der Waals surface area contributed by atoms with E-state index in [4.69, 9.17) is 4.74 Å². The predicted octanol–water partition coefficient (Wildman–Crippen LogP) is 3.61. The van der Waals surface area contributed by atoms with Gasteiger partial charge in [0.2, 0.25) is 0 Å². The van der Waals surface area contributed by atoms with Crippen LogP contribution in [0.1, 0.15) is 39.2 Å². The van der Waals surface area contributed by atoms with Crippen LogP contribution in [0.15, 0.2) is 24.3 Å². The first-order chi connectivity index (χ1) is 9.13. The quantitative estimate of drug-likeness (QED) is 0.844. The number of nitrogens with one attached hydrogen (secondary N) is 1. The molecule has 1 aliphatic rings. The maximum atomic E-state index is 5.58. The molecule has 1 aromatic rings. The molecular weight excluding hydrogens is 234 g/mol. The Morgan fingerprint density at radius 2 is 2.00 bits per heavy atom. The van der Waals surface area contributed by atoms with E-state index in [2.05, 4.69) is 50.4 Å². The lowest BCUT2D eigenvalue weighted by atomic mass is 9.55. The maximum absolute atomic E-state index is 5.58. The molecule has 19 heavy (non-hydrogen) atoms. The Hall–Kier alpha value is -1.02. The number of para-hydroxylation sites is 1. The molecule has 0 amide bonds. The topological polar surface area (TPSA) is 21.3 Å². The second-order valence-electron chi connectivity index (χ2n) is 6.17. The number of hydrogen-bond acceptors (Lipinski definition) is 2. The van der Waals surface area contributed by atoms with Crippen LogP contribution in [0.2, 0.25) is 0 Å². The molecule has 2 heteroatoms. The van der Waals surface area contributed by atoms with Crippen LogP contribution in [0.25, 0.3) is 0 Å². The number of ether oxygens (including phenoxy) is 1. The van der Waals surface area contributed by atoms with Crippen molar-refractivity contribution in [3.05, 3.63) is 29.8 Å².